The van der Waals surface area contributed by atoms with Gasteiger partial charge < -0.3 is 4.90 Å². The third-order valence-corrected chi connectivity index (χ3v) is 3.73. The van der Waals surface area contributed by atoms with E-state index in [1.807, 2.05) is 45.0 Å². The van der Waals surface area contributed by atoms with E-state index in [4.69, 9.17) is 0 Å². The lowest BCUT2D eigenvalue weighted by Crippen LogP contribution is -2.37. The van der Waals surface area contributed by atoms with E-state index >= 15 is 0 Å². The number of imidazole rings is 1. The van der Waals surface area contributed by atoms with Crippen LogP contribution in [0.2, 0.25) is 0 Å². The molecule has 1 amide bonds. The van der Waals surface area contributed by atoms with E-state index in [-0.39, 0.29) is 18.1 Å². The predicted octanol–water partition coefficient (Wildman–Crippen LogP) is 2.25. The smallest absolute Gasteiger partial charge is 0.329 e. The van der Waals surface area contributed by atoms with E-state index in [9.17, 15) is 9.59 Å². The minimum absolute atomic E-state index is 0.0630. The quantitative estimate of drug-likeness (QED) is 0.768. The second-order valence-corrected chi connectivity index (χ2v) is 5.47. The lowest BCUT2D eigenvalue weighted by Gasteiger charge is -2.21. The summed E-state index contributed by atoms with van der Waals surface area (Å²) in [6, 6.07) is 7.58. The SMILES string of the molecule is C=C(C)CN(CC)C(=O)Cn1c(=O)n(CC)c2ccccc21. The number of likely N-dealkylation sites (N-methyl/N-ethyl adjacent to an activating group) is 1. The molecule has 118 valence electrons. The Kier molecular flexibility index (Phi) is 4.85. The van der Waals surface area contributed by atoms with Crippen molar-refractivity contribution in [1.29, 1.82) is 0 Å². The van der Waals surface area contributed by atoms with Crippen LogP contribution in [-0.4, -0.2) is 33.0 Å². The second-order valence-electron chi connectivity index (χ2n) is 5.47. The first-order chi connectivity index (χ1) is 10.5. The molecule has 0 saturated carbocycles. The van der Waals surface area contributed by atoms with Crippen molar-refractivity contribution in [3.8, 4) is 0 Å². The lowest BCUT2D eigenvalue weighted by atomic mass is 10.3. The zero-order chi connectivity index (χ0) is 16.3. The third-order valence-electron chi connectivity index (χ3n) is 3.73. The summed E-state index contributed by atoms with van der Waals surface area (Å²) in [5, 5.41) is 0. The summed E-state index contributed by atoms with van der Waals surface area (Å²) in [6.45, 7) is 11.4. The largest absolute Gasteiger partial charge is 0.337 e. The molecule has 2 aromatic rings. The molecule has 5 nitrogen and oxygen atoms in total. The number of aromatic nitrogens is 2. The Morgan fingerprint density at radius 3 is 2.27 bits per heavy atom. The summed E-state index contributed by atoms with van der Waals surface area (Å²) in [7, 11) is 0. The number of carbonyl (C=O) groups is 1. The molecule has 5 heteroatoms. The molecule has 22 heavy (non-hydrogen) atoms. The molecule has 1 aromatic carbocycles. The Morgan fingerprint density at radius 2 is 1.77 bits per heavy atom. The fourth-order valence-corrected chi connectivity index (χ4v) is 2.67. The van der Waals surface area contributed by atoms with E-state index in [2.05, 4.69) is 6.58 Å². The summed E-state index contributed by atoms with van der Waals surface area (Å²) in [5.74, 6) is -0.0633. The topological polar surface area (TPSA) is 47.2 Å². The number of aryl methyl sites for hydroxylation is 1. The normalized spacial score (nSPS) is 10.9. The van der Waals surface area contributed by atoms with Crippen LogP contribution >= 0.6 is 0 Å². The van der Waals surface area contributed by atoms with E-state index in [1.54, 1.807) is 14.0 Å². The first-order valence-electron chi connectivity index (χ1n) is 7.59. The Morgan fingerprint density at radius 1 is 1.18 bits per heavy atom. The molecule has 2 rings (SSSR count). The number of fused-ring (bicyclic) bond motifs is 1. The maximum Gasteiger partial charge on any atom is 0.329 e. The zero-order valence-electron chi connectivity index (χ0n) is 13.5. The minimum Gasteiger partial charge on any atom is -0.337 e. The van der Waals surface area contributed by atoms with Crippen molar-refractivity contribution >= 4 is 16.9 Å². The van der Waals surface area contributed by atoms with Crippen LogP contribution in [0.15, 0.2) is 41.2 Å². The lowest BCUT2D eigenvalue weighted by molar-refractivity contribution is -0.131. The molecule has 0 saturated heterocycles. The highest BCUT2D eigenvalue weighted by molar-refractivity contribution is 5.81. The van der Waals surface area contributed by atoms with Crippen molar-refractivity contribution in [2.24, 2.45) is 0 Å². The van der Waals surface area contributed by atoms with Crippen LogP contribution in [-0.2, 0) is 17.9 Å². The van der Waals surface area contributed by atoms with Gasteiger partial charge in [0.2, 0.25) is 5.91 Å². The number of hydrogen-bond acceptors (Lipinski definition) is 2. The molecular weight excluding hydrogens is 278 g/mol. The second kappa shape index (κ2) is 6.64. The van der Waals surface area contributed by atoms with Crippen LogP contribution in [0.5, 0.6) is 0 Å². The monoisotopic (exact) mass is 301 g/mol. The van der Waals surface area contributed by atoms with Crippen molar-refractivity contribution in [1.82, 2.24) is 14.0 Å². The molecule has 0 radical (unpaired) electrons. The Balaban J connectivity index is 2.39. The van der Waals surface area contributed by atoms with Gasteiger partial charge in [-0.05, 0) is 32.9 Å². The fraction of sp³-hybridized carbons (Fsp3) is 0.412. The Hall–Kier alpha value is -2.30. The molecule has 0 bridgehead atoms. The highest BCUT2D eigenvalue weighted by atomic mass is 16.2. The van der Waals surface area contributed by atoms with Crippen LogP contribution < -0.4 is 5.69 Å². The molecule has 0 spiro atoms. The van der Waals surface area contributed by atoms with Gasteiger partial charge in [0.25, 0.3) is 0 Å². The average molecular weight is 301 g/mol. The van der Waals surface area contributed by atoms with Crippen LogP contribution in [0.3, 0.4) is 0 Å². The highest BCUT2D eigenvalue weighted by Gasteiger charge is 2.17. The molecule has 1 aromatic heterocycles. The first-order valence-corrected chi connectivity index (χ1v) is 7.59. The van der Waals surface area contributed by atoms with Crippen molar-refractivity contribution < 1.29 is 4.79 Å². The van der Waals surface area contributed by atoms with Gasteiger partial charge in [0.05, 0.1) is 11.0 Å². The minimum atomic E-state index is -0.136. The summed E-state index contributed by atoms with van der Waals surface area (Å²) in [6.07, 6.45) is 0. The van der Waals surface area contributed by atoms with Gasteiger partial charge >= 0.3 is 5.69 Å². The van der Waals surface area contributed by atoms with E-state index in [0.717, 1.165) is 16.6 Å². The van der Waals surface area contributed by atoms with Gasteiger partial charge in [-0.2, -0.15) is 0 Å². The molecule has 0 unspecified atom stereocenters. The van der Waals surface area contributed by atoms with Crippen LogP contribution in [0.4, 0.5) is 0 Å². The standard InChI is InChI=1S/C17H23N3O2/c1-5-18(11-13(3)4)16(21)12-20-15-10-8-7-9-14(15)19(6-2)17(20)22/h7-10H,3,5-6,11-12H2,1-2,4H3. The summed E-state index contributed by atoms with van der Waals surface area (Å²) < 4.78 is 3.25. The van der Waals surface area contributed by atoms with E-state index < -0.39 is 0 Å². The maximum atomic E-state index is 12.5. The number of hydrogen-bond donors (Lipinski definition) is 0. The summed E-state index contributed by atoms with van der Waals surface area (Å²) in [5.41, 5.74) is 2.46. The molecule has 0 aliphatic rings. The summed E-state index contributed by atoms with van der Waals surface area (Å²) >= 11 is 0. The zero-order valence-corrected chi connectivity index (χ0v) is 13.5. The van der Waals surface area contributed by atoms with Gasteiger partial charge in [0, 0.05) is 19.6 Å². The van der Waals surface area contributed by atoms with E-state index in [1.165, 1.54) is 0 Å². The van der Waals surface area contributed by atoms with Crippen LogP contribution in [0.1, 0.15) is 20.8 Å². The molecule has 1 heterocycles. The summed E-state index contributed by atoms with van der Waals surface area (Å²) in [4.78, 5) is 26.7. The van der Waals surface area contributed by atoms with Crippen LogP contribution in [0, 0.1) is 0 Å². The molecular formula is C17H23N3O2. The fourth-order valence-electron chi connectivity index (χ4n) is 2.67. The Labute approximate surface area is 130 Å². The molecule has 0 aliphatic carbocycles. The van der Waals surface area contributed by atoms with Crippen molar-refractivity contribution in [2.45, 2.75) is 33.9 Å². The van der Waals surface area contributed by atoms with Crippen molar-refractivity contribution in [3.05, 3.63) is 46.9 Å². The van der Waals surface area contributed by atoms with Gasteiger partial charge in [-0.1, -0.05) is 24.3 Å². The molecule has 0 atom stereocenters. The third kappa shape index (κ3) is 2.98. The van der Waals surface area contributed by atoms with Gasteiger partial charge in [0.1, 0.15) is 6.54 Å². The number of para-hydroxylation sites is 2. The van der Waals surface area contributed by atoms with Crippen LogP contribution in [0.25, 0.3) is 11.0 Å². The number of carbonyl (C=O) groups excluding carboxylic acids is 1. The number of amides is 1. The molecule has 0 fully saturated rings. The maximum absolute atomic E-state index is 12.5. The van der Waals surface area contributed by atoms with Gasteiger partial charge in [-0.3, -0.25) is 13.9 Å². The van der Waals surface area contributed by atoms with Gasteiger partial charge in [-0.15, -0.1) is 0 Å². The van der Waals surface area contributed by atoms with Crippen molar-refractivity contribution in [2.75, 3.05) is 13.1 Å². The van der Waals surface area contributed by atoms with E-state index in [0.29, 0.717) is 19.6 Å². The number of rotatable bonds is 6. The van der Waals surface area contributed by atoms with Crippen molar-refractivity contribution in [3.63, 3.8) is 0 Å². The molecule has 0 N–H and O–H groups in total. The first kappa shape index (κ1) is 16.1. The molecule has 0 aliphatic heterocycles. The predicted molar refractivity (Wildman–Crippen MR) is 88.9 cm³/mol. The average Bonchev–Trinajstić information content (AvgIpc) is 2.76. The van der Waals surface area contributed by atoms with Gasteiger partial charge in [-0.25, -0.2) is 4.79 Å². The highest BCUT2D eigenvalue weighted by Crippen LogP contribution is 2.13. The van der Waals surface area contributed by atoms with Gasteiger partial charge in [0.15, 0.2) is 0 Å². The number of nitrogens with zero attached hydrogens (tertiary/aromatic N) is 3. The Bertz CT molecular complexity index is 755. The number of benzene rings is 1.